The van der Waals surface area contributed by atoms with Crippen LogP contribution in [0.3, 0.4) is 0 Å². The number of ether oxygens (including phenoxy) is 2. The maximum absolute atomic E-state index is 15.0. The molecule has 11 nitrogen and oxygen atoms in total. The number of benzene rings is 3. The minimum absolute atomic E-state index is 0.00705. The summed E-state index contributed by atoms with van der Waals surface area (Å²) in [4.78, 5) is 57.9. The highest BCUT2D eigenvalue weighted by Crippen LogP contribution is 2.33. The third-order valence-corrected chi connectivity index (χ3v) is 8.13. The fraction of sp³-hybridized carbons (Fsp3) is 0.450. The van der Waals surface area contributed by atoms with Crippen molar-refractivity contribution in [1.29, 1.82) is 0 Å². The van der Waals surface area contributed by atoms with Gasteiger partial charge in [-0.3, -0.25) is 9.59 Å². The van der Waals surface area contributed by atoms with Gasteiger partial charge in [-0.05, 0) is 103 Å². The zero-order chi connectivity index (χ0) is 38.1. The van der Waals surface area contributed by atoms with Crippen LogP contribution < -0.4 is 10.6 Å². The maximum atomic E-state index is 15.0. The molecule has 3 amide bonds. The lowest BCUT2D eigenvalue weighted by Gasteiger charge is -2.45. The second-order valence-corrected chi connectivity index (χ2v) is 15.2. The smallest absolute Gasteiger partial charge is 0.408 e. The largest absolute Gasteiger partial charge is 0.508 e. The molecule has 3 aromatic rings. The zero-order valence-corrected chi connectivity index (χ0v) is 31.2. The Bertz CT molecular complexity index is 1630. The number of carbonyl (C=O) groups excluding carboxylic acids is 4. The van der Waals surface area contributed by atoms with Gasteiger partial charge in [0.2, 0.25) is 11.8 Å². The van der Waals surface area contributed by atoms with Crippen molar-refractivity contribution in [3.8, 4) is 11.5 Å². The summed E-state index contributed by atoms with van der Waals surface area (Å²) in [6.07, 6.45) is -0.295. The molecule has 0 saturated carbocycles. The standard InChI is InChI=1S/C40H53N3O8/c1-10-40(8,9)43(35(47)31(42-37(49)51-39(5,6)7)24-27-16-20-29(44)21-17-27)33(28-18-22-30(45)23-19-28)34(46)41-32(36(48)50-38(2,3)4)25-26-14-12-11-13-15-26/h11-23,31-33,44-45H,10,24-25H2,1-9H3,(H,41,46)(H,42,49). The summed E-state index contributed by atoms with van der Waals surface area (Å²) in [7, 11) is 0. The lowest BCUT2D eigenvalue weighted by atomic mass is 9.91. The number of nitrogens with one attached hydrogen (secondary N) is 2. The Balaban J connectivity index is 2.17. The van der Waals surface area contributed by atoms with Crippen molar-refractivity contribution in [1.82, 2.24) is 15.5 Å². The third-order valence-electron chi connectivity index (χ3n) is 8.13. The molecule has 0 fully saturated rings. The molecule has 0 aliphatic heterocycles. The molecule has 0 saturated heterocycles. The second-order valence-electron chi connectivity index (χ2n) is 15.2. The summed E-state index contributed by atoms with van der Waals surface area (Å²) in [6.45, 7) is 15.8. The molecule has 0 radical (unpaired) electrons. The number of alkyl carbamates (subject to hydrolysis) is 1. The van der Waals surface area contributed by atoms with Crippen LogP contribution in [0.5, 0.6) is 11.5 Å². The minimum atomic E-state index is -1.32. The number of phenolic OH excluding ortho intramolecular Hbond substituents is 2. The number of aromatic hydroxyl groups is 2. The predicted octanol–water partition coefficient (Wildman–Crippen LogP) is 6.36. The van der Waals surface area contributed by atoms with E-state index in [0.29, 0.717) is 17.5 Å². The van der Waals surface area contributed by atoms with Gasteiger partial charge in [-0.1, -0.05) is 61.5 Å². The lowest BCUT2D eigenvalue weighted by molar-refractivity contribution is -0.159. The fourth-order valence-corrected chi connectivity index (χ4v) is 5.37. The van der Waals surface area contributed by atoms with Crippen LogP contribution in [0.1, 0.15) is 91.5 Å². The lowest BCUT2D eigenvalue weighted by Crippen LogP contribution is -2.60. The molecule has 0 aliphatic carbocycles. The number of rotatable bonds is 13. The van der Waals surface area contributed by atoms with Crippen molar-refractivity contribution in [2.45, 2.75) is 116 Å². The molecule has 3 atom stereocenters. The van der Waals surface area contributed by atoms with E-state index < -0.39 is 58.7 Å². The van der Waals surface area contributed by atoms with E-state index in [0.717, 1.165) is 5.56 Å². The summed E-state index contributed by atoms with van der Waals surface area (Å²) >= 11 is 0. The van der Waals surface area contributed by atoms with Crippen molar-refractivity contribution in [3.05, 3.63) is 95.6 Å². The number of esters is 1. The number of nitrogens with zero attached hydrogens (tertiary/aromatic N) is 1. The number of amides is 3. The van der Waals surface area contributed by atoms with Crippen molar-refractivity contribution < 1.29 is 38.9 Å². The molecule has 0 heterocycles. The number of phenols is 2. The molecule has 3 aromatic carbocycles. The van der Waals surface area contributed by atoms with Crippen molar-refractivity contribution >= 4 is 23.9 Å². The first kappa shape index (κ1) is 40.4. The number of hydrogen-bond acceptors (Lipinski definition) is 8. The van der Waals surface area contributed by atoms with Crippen LogP contribution in [0.4, 0.5) is 4.79 Å². The van der Waals surface area contributed by atoms with E-state index in [1.54, 1.807) is 65.8 Å². The van der Waals surface area contributed by atoms with Gasteiger partial charge in [-0.15, -0.1) is 0 Å². The van der Waals surface area contributed by atoms with Crippen LogP contribution in [-0.4, -0.2) is 67.8 Å². The van der Waals surface area contributed by atoms with Gasteiger partial charge in [0, 0.05) is 18.4 Å². The van der Waals surface area contributed by atoms with E-state index in [-0.39, 0.29) is 24.3 Å². The van der Waals surface area contributed by atoms with Crippen LogP contribution in [0.2, 0.25) is 0 Å². The molecule has 4 N–H and O–H groups in total. The monoisotopic (exact) mass is 703 g/mol. The molecule has 51 heavy (non-hydrogen) atoms. The first-order valence-corrected chi connectivity index (χ1v) is 17.2. The number of hydrogen-bond donors (Lipinski definition) is 4. The topological polar surface area (TPSA) is 154 Å². The Morgan fingerprint density at radius 2 is 1.16 bits per heavy atom. The summed E-state index contributed by atoms with van der Waals surface area (Å²) < 4.78 is 11.2. The van der Waals surface area contributed by atoms with Crippen LogP contribution in [-0.2, 0) is 36.7 Å². The van der Waals surface area contributed by atoms with Gasteiger partial charge in [-0.25, -0.2) is 9.59 Å². The molecular weight excluding hydrogens is 650 g/mol. The molecule has 0 bridgehead atoms. The van der Waals surface area contributed by atoms with Gasteiger partial charge in [-0.2, -0.15) is 0 Å². The van der Waals surface area contributed by atoms with Crippen LogP contribution in [0, 0.1) is 0 Å². The van der Waals surface area contributed by atoms with Crippen molar-refractivity contribution in [2.24, 2.45) is 0 Å². The highest BCUT2D eigenvalue weighted by atomic mass is 16.6. The first-order chi connectivity index (χ1) is 23.7. The Hall–Kier alpha value is -5.06. The fourth-order valence-electron chi connectivity index (χ4n) is 5.37. The number of carbonyl (C=O) groups is 4. The van der Waals surface area contributed by atoms with Crippen LogP contribution >= 0.6 is 0 Å². The van der Waals surface area contributed by atoms with Gasteiger partial charge in [0.25, 0.3) is 0 Å². The van der Waals surface area contributed by atoms with E-state index in [2.05, 4.69) is 10.6 Å². The molecular formula is C40H53N3O8. The Morgan fingerprint density at radius 1 is 0.667 bits per heavy atom. The summed E-state index contributed by atoms with van der Waals surface area (Å²) in [5.41, 5.74) is -0.900. The first-order valence-electron chi connectivity index (χ1n) is 17.2. The van der Waals surface area contributed by atoms with Crippen LogP contribution in [0.25, 0.3) is 0 Å². The van der Waals surface area contributed by atoms with Crippen molar-refractivity contribution in [3.63, 3.8) is 0 Å². The minimum Gasteiger partial charge on any atom is -0.508 e. The molecule has 276 valence electrons. The normalized spacial score (nSPS) is 13.7. The SMILES string of the molecule is CCC(C)(C)N(C(=O)C(Cc1ccc(O)cc1)NC(=O)OC(C)(C)C)C(C(=O)NC(Cc1ccccc1)C(=O)OC(C)(C)C)c1ccc(O)cc1. The molecule has 11 heteroatoms. The molecule has 0 aliphatic rings. The zero-order valence-electron chi connectivity index (χ0n) is 31.2. The Kier molecular flexibility index (Phi) is 13.3. The van der Waals surface area contributed by atoms with Gasteiger partial charge in [0.15, 0.2) is 0 Å². The van der Waals surface area contributed by atoms with E-state index in [1.165, 1.54) is 29.2 Å². The Morgan fingerprint density at radius 3 is 1.67 bits per heavy atom. The predicted molar refractivity (Wildman–Crippen MR) is 195 cm³/mol. The van der Waals surface area contributed by atoms with E-state index in [4.69, 9.17) is 9.47 Å². The van der Waals surface area contributed by atoms with Crippen LogP contribution in [0.15, 0.2) is 78.9 Å². The Labute approximate surface area is 301 Å². The quantitative estimate of drug-likeness (QED) is 0.150. The van der Waals surface area contributed by atoms with E-state index >= 15 is 0 Å². The van der Waals surface area contributed by atoms with E-state index in [1.807, 2.05) is 51.1 Å². The summed E-state index contributed by atoms with van der Waals surface area (Å²) in [6, 6.07) is 17.7. The van der Waals surface area contributed by atoms with Crippen molar-refractivity contribution in [2.75, 3.05) is 0 Å². The van der Waals surface area contributed by atoms with Gasteiger partial charge < -0.3 is 35.2 Å². The second kappa shape index (κ2) is 16.8. The molecule has 3 unspecified atom stereocenters. The summed E-state index contributed by atoms with van der Waals surface area (Å²) in [5, 5.41) is 25.7. The third kappa shape index (κ3) is 12.3. The molecule has 3 rings (SSSR count). The highest BCUT2D eigenvalue weighted by molar-refractivity contribution is 5.94. The van der Waals surface area contributed by atoms with E-state index in [9.17, 15) is 29.4 Å². The maximum Gasteiger partial charge on any atom is 0.408 e. The highest BCUT2D eigenvalue weighted by Gasteiger charge is 2.44. The average molecular weight is 704 g/mol. The van der Waals surface area contributed by atoms with Gasteiger partial charge in [0.05, 0.1) is 0 Å². The summed E-state index contributed by atoms with van der Waals surface area (Å²) in [5.74, 6) is -1.91. The molecule has 0 spiro atoms. The van der Waals surface area contributed by atoms with Gasteiger partial charge >= 0.3 is 12.1 Å². The average Bonchev–Trinajstić information content (AvgIpc) is 3.03. The molecule has 0 aromatic heterocycles. The van der Waals surface area contributed by atoms with Gasteiger partial charge in [0.1, 0.15) is 40.8 Å².